The second-order valence-electron chi connectivity index (χ2n) is 7.02. The van der Waals surface area contributed by atoms with Crippen molar-refractivity contribution in [2.45, 2.75) is 30.8 Å². The van der Waals surface area contributed by atoms with Crippen LogP contribution in [0.2, 0.25) is 5.02 Å². The maximum atomic E-state index is 12.7. The monoisotopic (exact) mass is 492 g/mol. The van der Waals surface area contributed by atoms with Crippen molar-refractivity contribution < 1.29 is 4.79 Å². The van der Waals surface area contributed by atoms with E-state index >= 15 is 0 Å². The fraction of sp³-hybridized carbons (Fsp3) is 0.286. The molecule has 0 aliphatic heterocycles. The van der Waals surface area contributed by atoms with Gasteiger partial charge >= 0.3 is 0 Å². The highest BCUT2D eigenvalue weighted by atomic mass is 79.9. The zero-order valence-corrected chi connectivity index (χ0v) is 19.6. The van der Waals surface area contributed by atoms with Crippen molar-refractivity contribution in [3.05, 3.63) is 75.0 Å². The molecule has 29 heavy (non-hydrogen) atoms. The van der Waals surface area contributed by atoms with Crippen molar-refractivity contribution >= 4 is 45.2 Å². The second-order valence-corrected chi connectivity index (χ2v) is 9.31. The lowest BCUT2D eigenvalue weighted by atomic mass is 10.0. The van der Waals surface area contributed by atoms with Crippen LogP contribution >= 0.6 is 39.3 Å². The van der Waals surface area contributed by atoms with Crippen molar-refractivity contribution in [2.24, 2.45) is 13.0 Å². The first-order chi connectivity index (χ1) is 13.8. The molecule has 0 radical (unpaired) electrons. The van der Waals surface area contributed by atoms with Crippen LogP contribution in [0.3, 0.4) is 0 Å². The maximum absolute atomic E-state index is 12.7. The van der Waals surface area contributed by atoms with Gasteiger partial charge in [-0.05, 0) is 47.9 Å². The van der Waals surface area contributed by atoms with Gasteiger partial charge in [-0.25, -0.2) is 0 Å². The molecule has 0 fully saturated rings. The van der Waals surface area contributed by atoms with Crippen LogP contribution in [-0.2, 0) is 12.8 Å². The molecule has 0 unspecified atom stereocenters. The molecular weight excluding hydrogens is 472 g/mol. The summed E-state index contributed by atoms with van der Waals surface area (Å²) in [4.78, 5) is 12.7. The molecule has 0 saturated carbocycles. The first-order valence-corrected chi connectivity index (χ1v) is 11.3. The number of rotatable bonds is 7. The fourth-order valence-corrected chi connectivity index (χ4v) is 4.07. The molecule has 3 rings (SSSR count). The Morgan fingerprint density at radius 1 is 1.14 bits per heavy atom. The summed E-state index contributed by atoms with van der Waals surface area (Å²) in [5, 5.41) is 13.2. The van der Waals surface area contributed by atoms with Gasteiger partial charge in [-0.1, -0.05) is 65.3 Å². The van der Waals surface area contributed by atoms with Crippen LogP contribution in [-0.4, -0.2) is 20.7 Å². The van der Waals surface area contributed by atoms with E-state index in [1.807, 2.05) is 23.7 Å². The molecule has 0 saturated heterocycles. The Bertz CT molecular complexity index is 973. The minimum atomic E-state index is -0.252. The summed E-state index contributed by atoms with van der Waals surface area (Å²) in [6.45, 7) is 4.10. The van der Waals surface area contributed by atoms with E-state index in [2.05, 4.69) is 57.4 Å². The third-order valence-electron chi connectivity index (χ3n) is 4.49. The highest BCUT2D eigenvalue weighted by Gasteiger charge is 2.25. The van der Waals surface area contributed by atoms with Crippen LogP contribution in [0.1, 0.15) is 41.6 Å². The molecule has 0 aliphatic rings. The van der Waals surface area contributed by atoms with Crippen LogP contribution in [0.15, 0.2) is 58.2 Å². The highest BCUT2D eigenvalue weighted by Crippen LogP contribution is 2.26. The van der Waals surface area contributed by atoms with Crippen molar-refractivity contribution in [3.8, 4) is 0 Å². The quantitative estimate of drug-likeness (QED) is 0.432. The molecule has 1 aromatic heterocycles. The van der Waals surface area contributed by atoms with Crippen LogP contribution in [0, 0.1) is 5.92 Å². The van der Waals surface area contributed by atoms with E-state index in [0.29, 0.717) is 10.6 Å². The lowest BCUT2D eigenvalue weighted by Crippen LogP contribution is -2.33. The molecule has 0 bridgehead atoms. The summed E-state index contributed by atoms with van der Waals surface area (Å²) in [5.41, 5.74) is 1.77. The molecular formula is C21H22BrClN4OS. The molecule has 1 heterocycles. The number of carbonyl (C=O) groups is 1. The number of halogens is 2. The van der Waals surface area contributed by atoms with Crippen LogP contribution < -0.4 is 5.32 Å². The SMILES string of the molecule is CC(C)[C@H](NC(=O)c1ccc(Cl)cc1)c1nnc(SCc2ccc(Br)cc2)n1C. The van der Waals surface area contributed by atoms with Crippen LogP contribution in [0.4, 0.5) is 0 Å². The molecule has 1 atom stereocenters. The zero-order valence-electron chi connectivity index (χ0n) is 16.4. The predicted octanol–water partition coefficient (Wildman–Crippen LogP) is 5.65. The number of benzene rings is 2. The van der Waals surface area contributed by atoms with Gasteiger partial charge in [-0.15, -0.1) is 10.2 Å². The Labute approximate surface area is 188 Å². The third kappa shape index (κ3) is 5.62. The number of nitrogens with zero attached hydrogens (tertiary/aromatic N) is 3. The molecule has 2 aromatic carbocycles. The van der Waals surface area contributed by atoms with Gasteiger partial charge in [0.1, 0.15) is 0 Å². The van der Waals surface area contributed by atoms with Crippen LogP contribution in [0.25, 0.3) is 0 Å². The summed E-state index contributed by atoms with van der Waals surface area (Å²) >= 11 is 11.0. The molecule has 152 valence electrons. The molecule has 1 N–H and O–H groups in total. The van der Waals surface area contributed by atoms with Gasteiger partial charge in [0.15, 0.2) is 11.0 Å². The van der Waals surface area contributed by atoms with Crippen molar-refractivity contribution in [1.29, 1.82) is 0 Å². The standard InChI is InChI=1S/C21H22BrClN4OS/c1-13(2)18(24-20(28)15-6-10-17(23)11-7-15)19-25-26-21(27(19)3)29-12-14-4-8-16(22)9-5-14/h4-11,13,18H,12H2,1-3H3,(H,24,28)/t18-/m0/s1. The topological polar surface area (TPSA) is 59.8 Å². The second kappa shape index (κ2) is 9.78. The van der Waals surface area contributed by atoms with E-state index in [0.717, 1.165) is 21.2 Å². The molecule has 1 amide bonds. The molecule has 5 nitrogen and oxygen atoms in total. The van der Waals surface area contributed by atoms with Gasteiger partial charge in [0.05, 0.1) is 6.04 Å². The number of thioether (sulfide) groups is 1. The number of carbonyl (C=O) groups excluding carboxylic acids is 1. The minimum Gasteiger partial charge on any atom is -0.342 e. The summed E-state index contributed by atoms with van der Waals surface area (Å²) in [7, 11) is 1.93. The summed E-state index contributed by atoms with van der Waals surface area (Å²) in [6, 6.07) is 14.8. The highest BCUT2D eigenvalue weighted by molar-refractivity contribution is 9.10. The summed E-state index contributed by atoms with van der Waals surface area (Å²) in [5.74, 6) is 1.52. The van der Waals surface area contributed by atoms with Gasteiger partial charge < -0.3 is 9.88 Å². The number of hydrogen-bond acceptors (Lipinski definition) is 4. The Morgan fingerprint density at radius 2 is 1.79 bits per heavy atom. The van der Waals surface area contributed by atoms with E-state index in [1.165, 1.54) is 5.56 Å². The normalized spacial score (nSPS) is 12.2. The number of amides is 1. The summed E-state index contributed by atoms with van der Waals surface area (Å²) in [6.07, 6.45) is 0. The zero-order chi connectivity index (χ0) is 21.0. The van der Waals surface area contributed by atoms with Crippen molar-refractivity contribution in [1.82, 2.24) is 20.1 Å². The third-order valence-corrected chi connectivity index (χ3v) is 6.36. The Kier molecular flexibility index (Phi) is 7.38. The average Bonchev–Trinajstić information content (AvgIpc) is 3.06. The van der Waals surface area contributed by atoms with Crippen LogP contribution in [0.5, 0.6) is 0 Å². The van der Waals surface area contributed by atoms with E-state index in [4.69, 9.17) is 11.6 Å². The lowest BCUT2D eigenvalue weighted by molar-refractivity contribution is 0.0922. The average molecular weight is 494 g/mol. The molecule has 0 spiro atoms. The first-order valence-electron chi connectivity index (χ1n) is 9.18. The molecule has 0 aliphatic carbocycles. The van der Waals surface area contributed by atoms with Gasteiger partial charge in [0.2, 0.25) is 0 Å². The van der Waals surface area contributed by atoms with Gasteiger partial charge in [0, 0.05) is 27.9 Å². The maximum Gasteiger partial charge on any atom is 0.251 e. The van der Waals surface area contributed by atoms with Crippen molar-refractivity contribution in [3.63, 3.8) is 0 Å². The number of aromatic nitrogens is 3. The van der Waals surface area contributed by atoms with E-state index < -0.39 is 0 Å². The fourth-order valence-electron chi connectivity index (χ4n) is 2.81. The van der Waals surface area contributed by atoms with Gasteiger partial charge in [0.25, 0.3) is 5.91 Å². The predicted molar refractivity (Wildman–Crippen MR) is 121 cm³/mol. The molecule has 8 heteroatoms. The van der Waals surface area contributed by atoms with Crippen molar-refractivity contribution in [2.75, 3.05) is 0 Å². The first kappa shape index (κ1) is 21.9. The number of hydrogen-bond donors (Lipinski definition) is 1. The van der Waals surface area contributed by atoms with Gasteiger partial charge in [-0.2, -0.15) is 0 Å². The van der Waals surface area contributed by atoms with E-state index in [1.54, 1.807) is 36.0 Å². The minimum absolute atomic E-state index is 0.151. The van der Waals surface area contributed by atoms with E-state index in [-0.39, 0.29) is 17.9 Å². The number of nitrogens with one attached hydrogen (secondary N) is 1. The Balaban J connectivity index is 1.73. The Morgan fingerprint density at radius 3 is 2.41 bits per heavy atom. The summed E-state index contributed by atoms with van der Waals surface area (Å²) < 4.78 is 3.01. The Hall–Kier alpha value is -1.83. The molecule has 3 aromatic rings. The lowest BCUT2D eigenvalue weighted by Gasteiger charge is -2.21. The smallest absolute Gasteiger partial charge is 0.251 e. The van der Waals surface area contributed by atoms with Gasteiger partial charge in [-0.3, -0.25) is 4.79 Å². The van der Waals surface area contributed by atoms with E-state index in [9.17, 15) is 4.79 Å². The largest absolute Gasteiger partial charge is 0.342 e.